The summed E-state index contributed by atoms with van der Waals surface area (Å²) in [5.41, 5.74) is 0. The van der Waals surface area contributed by atoms with Crippen molar-refractivity contribution in [3.8, 4) is 0 Å². The van der Waals surface area contributed by atoms with Crippen LogP contribution in [-0.4, -0.2) is 22.2 Å². The van der Waals surface area contributed by atoms with Crippen LogP contribution in [0.25, 0.3) is 0 Å². The summed E-state index contributed by atoms with van der Waals surface area (Å²) in [4.78, 5) is 19.5. The molecule has 15 heavy (non-hydrogen) atoms. The monoisotopic (exact) mass is 214 g/mol. The Morgan fingerprint density at radius 1 is 1.00 bits per heavy atom. The highest BCUT2D eigenvalue weighted by Gasteiger charge is 1.81. The third kappa shape index (κ3) is 24.5. The van der Waals surface area contributed by atoms with Crippen LogP contribution in [0, 0.1) is 0 Å². The molecule has 0 atom stereocenters. The zero-order chi connectivity index (χ0) is 12.1. The first-order chi connectivity index (χ1) is 7.04. The SMILES string of the molecule is CCC=CC(=O)O.CCCC=CC(=O)O. The first-order valence-electron chi connectivity index (χ1n) is 4.83. The summed E-state index contributed by atoms with van der Waals surface area (Å²) in [6.07, 6.45) is 8.20. The van der Waals surface area contributed by atoms with E-state index < -0.39 is 11.9 Å². The zero-order valence-corrected chi connectivity index (χ0v) is 9.14. The standard InChI is InChI=1S/C6H10O2.C5H8O2/c1-2-3-4-5-6(7)8;1-2-3-4-5(6)7/h4-5H,2-3H2,1H3,(H,7,8);3-4H,2H2,1H3,(H,6,7). The van der Waals surface area contributed by atoms with Crippen LogP contribution in [0.15, 0.2) is 24.3 Å². The van der Waals surface area contributed by atoms with Crippen LogP contribution in [0.1, 0.15) is 33.1 Å². The smallest absolute Gasteiger partial charge is 0.327 e. The molecule has 2 N–H and O–H groups in total. The van der Waals surface area contributed by atoms with Gasteiger partial charge in [-0.2, -0.15) is 0 Å². The Kier molecular flexibility index (Phi) is 13.1. The molecule has 0 aliphatic heterocycles. The van der Waals surface area contributed by atoms with Crippen LogP contribution in [0.3, 0.4) is 0 Å². The van der Waals surface area contributed by atoms with Gasteiger partial charge in [0.05, 0.1) is 0 Å². The lowest BCUT2D eigenvalue weighted by Gasteiger charge is -1.79. The molecule has 0 amide bonds. The fraction of sp³-hybridized carbons (Fsp3) is 0.455. The first kappa shape index (κ1) is 15.9. The molecule has 0 saturated heterocycles. The lowest BCUT2D eigenvalue weighted by Crippen LogP contribution is -1.84. The van der Waals surface area contributed by atoms with E-state index in [-0.39, 0.29) is 0 Å². The molecule has 86 valence electrons. The molecule has 4 heteroatoms. The van der Waals surface area contributed by atoms with Crippen molar-refractivity contribution in [2.75, 3.05) is 0 Å². The molecule has 0 bridgehead atoms. The largest absolute Gasteiger partial charge is 0.478 e. The van der Waals surface area contributed by atoms with Crippen molar-refractivity contribution in [2.24, 2.45) is 0 Å². The fourth-order valence-electron chi connectivity index (χ4n) is 0.569. The van der Waals surface area contributed by atoms with E-state index in [0.29, 0.717) is 0 Å². The van der Waals surface area contributed by atoms with E-state index in [1.165, 1.54) is 6.08 Å². The highest BCUT2D eigenvalue weighted by Crippen LogP contribution is 1.86. The van der Waals surface area contributed by atoms with Gasteiger partial charge in [0.25, 0.3) is 0 Å². The summed E-state index contributed by atoms with van der Waals surface area (Å²) in [6, 6.07) is 0. The van der Waals surface area contributed by atoms with Gasteiger partial charge in [-0.3, -0.25) is 0 Å². The van der Waals surface area contributed by atoms with Gasteiger partial charge in [0, 0.05) is 12.2 Å². The summed E-state index contributed by atoms with van der Waals surface area (Å²) < 4.78 is 0. The number of carbonyl (C=O) groups is 2. The quantitative estimate of drug-likeness (QED) is 0.689. The van der Waals surface area contributed by atoms with E-state index in [4.69, 9.17) is 10.2 Å². The predicted molar refractivity (Wildman–Crippen MR) is 58.8 cm³/mol. The fourth-order valence-corrected chi connectivity index (χ4v) is 0.569. The minimum atomic E-state index is -0.873. The maximum absolute atomic E-state index is 9.79. The summed E-state index contributed by atoms with van der Waals surface area (Å²) in [5.74, 6) is -1.74. The van der Waals surface area contributed by atoms with E-state index in [1.807, 2.05) is 13.8 Å². The van der Waals surface area contributed by atoms with E-state index in [1.54, 1.807) is 12.2 Å². The Labute approximate surface area is 89.9 Å². The third-order valence-corrected chi connectivity index (χ3v) is 1.21. The zero-order valence-electron chi connectivity index (χ0n) is 9.14. The van der Waals surface area contributed by atoms with Crippen LogP contribution in [0.4, 0.5) is 0 Å². The number of hydrogen-bond donors (Lipinski definition) is 2. The topological polar surface area (TPSA) is 74.6 Å². The lowest BCUT2D eigenvalue weighted by atomic mass is 10.3. The highest BCUT2D eigenvalue weighted by atomic mass is 16.4. The molecule has 0 radical (unpaired) electrons. The number of allylic oxidation sites excluding steroid dienone is 2. The maximum Gasteiger partial charge on any atom is 0.327 e. The predicted octanol–water partition coefficient (Wildman–Crippen LogP) is 2.46. The van der Waals surface area contributed by atoms with Gasteiger partial charge in [0.15, 0.2) is 0 Å². The molecule has 0 aromatic rings. The summed E-state index contributed by atoms with van der Waals surface area (Å²) in [5, 5.41) is 16.0. The van der Waals surface area contributed by atoms with Crippen molar-refractivity contribution in [1.29, 1.82) is 0 Å². The van der Waals surface area contributed by atoms with Gasteiger partial charge < -0.3 is 10.2 Å². The van der Waals surface area contributed by atoms with Gasteiger partial charge in [0.2, 0.25) is 0 Å². The number of aliphatic carboxylic acids is 2. The molecule has 0 aromatic heterocycles. The van der Waals surface area contributed by atoms with Gasteiger partial charge in [-0.05, 0) is 12.8 Å². The Hall–Kier alpha value is -1.58. The van der Waals surface area contributed by atoms with E-state index >= 15 is 0 Å². The average molecular weight is 214 g/mol. The van der Waals surface area contributed by atoms with Gasteiger partial charge in [-0.1, -0.05) is 32.4 Å². The minimum absolute atomic E-state index is 0.784. The van der Waals surface area contributed by atoms with Crippen LogP contribution >= 0.6 is 0 Å². The molecule has 0 spiro atoms. The lowest BCUT2D eigenvalue weighted by molar-refractivity contribution is -0.132. The van der Waals surface area contributed by atoms with Gasteiger partial charge in [-0.25, -0.2) is 9.59 Å². The van der Waals surface area contributed by atoms with E-state index in [0.717, 1.165) is 25.3 Å². The van der Waals surface area contributed by atoms with Crippen LogP contribution in [0.5, 0.6) is 0 Å². The average Bonchev–Trinajstić information content (AvgIpc) is 2.15. The highest BCUT2D eigenvalue weighted by molar-refractivity contribution is 5.79. The minimum Gasteiger partial charge on any atom is -0.478 e. The van der Waals surface area contributed by atoms with E-state index in [9.17, 15) is 9.59 Å². The van der Waals surface area contributed by atoms with Crippen LogP contribution in [-0.2, 0) is 9.59 Å². The van der Waals surface area contributed by atoms with Crippen molar-refractivity contribution in [3.05, 3.63) is 24.3 Å². The molecular weight excluding hydrogens is 196 g/mol. The Morgan fingerprint density at radius 3 is 1.73 bits per heavy atom. The Morgan fingerprint density at radius 2 is 1.47 bits per heavy atom. The Bertz CT molecular complexity index is 229. The van der Waals surface area contributed by atoms with Crippen LogP contribution < -0.4 is 0 Å². The number of carboxylic acids is 2. The number of hydrogen-bond acceptors (Lipinski definition) is 2. The summed E-state index contributed by atoms with van der Waals surface area (Å²) in [7, 11) is 0. The maximum atomic E-state index is 9.79. The van der Waals surface area contributed by atoms with Crippen molar-refractivity contribution in [1.82, 2.24) is 0 Å². The Balaban J connectivity index is 0. The molecule has 0 heterocycles. The molecule has 0 aliphatic carbocycles. The van der Waals surface area contributed by atoms with Crippen LogP contribution in [0.2, 0.25) is 0 Å². The van der Waals surface area contributed by atoms with Crippen molar-refractivity contribution in [3.63, 3.8) is 0 Å². The second-order valence-electron chi connectivity index (χ2n) is 2.68. The van der Waals surface area contributed by atoms with Crippen molar-refractivity contribution >= 4 is 11.9 Å². The molecule has 0 unspecified atom stereocenters. The first-order valence-corrected chi connectivity index (χ1v) is 4.83. The second kappa shape index (κ2) is 12.4. The molecule has 0 saturated carbocycles. The number of rotatable bonds is 5. The molecule has 0 aromatic carbocycles. The normalized spacial score (nSPS) is 10.0. The number of carboxylic acid groups (broad SMARTS) is 2. The number of unbranched alkanes of at least 4 members (excludes halogenated alkanes) is 1. The molecule has 0 rings (SSSR count). The molecule has 0 fully saturated rings. The molecule has 4 nitrogen and oxygen atoms in total. The van der Waals surface area contributed by atoms with E-state index in [2.05, 4.69) is 0 Å². The van der Waals surface area contributed by atoms with Crippen molar-refractivity contribution < 1.29 is 19.8 Å². The van der Waals surface area contributed by atoms with Gasteiger partial charge in [-0.15, -0.1) is 0 Å². The van der Waals surface area contributed by atoms with Gasteiger partial charge >= 0.3 is 11.9 Å². The summed E-state index contributed by atoms with van der Waals surface area (Å²) in [6.45, 7) is 3.89. The van der Waals surface area contributed by atoms with Crippen molar-refractivity contribution in [2.45, 2.75) is 33.1 Å². The second-order valence-corrected chi connectivity index (χ2v) is 2.68. The molecular formula is C11H18O4. The summed E-state index contributed by atoms with van der Waals surface area (Å²) >= 11 is 0. The third-order valence-electron chi connectivity index (χ3n) is 1.21. The van der Waals surface area contributed by atoms with Gasteiger partial charge in [0.1, 0.15) is 0 Å². The molecule has 0 aliphatic rings.